The van der Waals surface area contributed by atoms with E-state index in [0.29, 0.717) is 12.2 Å². The molecule has 0 bridgehead atoms. The molecule has 0 fully saturated rings. The molecule has 0 spiro atoms. The van der Waals surface area contributed by atoms with E-state index in [0.717, 1.165) is 11.3 Å². The fourth-order valence-electron chi connectivity index (χ4n) is 1.66. The number of aromatic nitrogens is 2. The van der Waals surface area contributed by atoms with Crippen LogP contribution in [0.5, 0.6) is 5.75 Å². The summed E-state index contributed by atoms with van der Waals surface area (Å²) in [5.41, 5.74) is 1.73. The van der Waals surface area contributed by atoms with Gasteiger partial charge in [-0.15, -0.1) is 0 Å². The van der Waals surface area contributed by atoms with Gasteiger partial charge in [-0.2, -0.15) is 5.10 Å². The average Bonchev–Trinajstić information content (AvgIpc) is 2.35. The number of nitrogens with zero attached hydrogens (tertiary/aromatic N) is 2. The standard InChI is InChI=1S/C13H14N2O2/c1-15-13(16)9-12(17-2)11(14-15)8-10-6-4-3-5-7-10/h3-7,9H,8H2,1-2H3. The number of rotatable bonds is 3. The van der Waals surface area contributed by atoms with Crippen LogP contribution in [-0.4, -0.2) is 16.9 Å². The molecule has 0 aliphatic carbocycles. The molecule has 0 radical (unpaired) electrons. The molecule has 0 aliphatic heterocycles. The maximum Gasteiger partial charge on any atom is 0.270 e. The molecule has 0 atom stereocenters. The van der Waals surface area contributed by atoms with Crippen LogP contribution in [0, 0.1) is 0 Å². The Morgan fingerprint density at radius 2 is 2.00 bits per heavy atom. The van der Waals surface area contributed by atoms with Gasteiger partial charge < -0.3 is 4.74 Å². The van der Waals surface area contributed by atoms with Crippen LogP contribution in [0.1, 0.15) is 11.3 Å². The molecular formula is C13H14N2O2. The highest BCUT2D eigenvalue weighted by Crippen LogP contribution is 2.16. The van der Waals surface area contributed by atoms with Gasteiger partial charge in [0.25, 0.3) is 5.56 Å². The molecule has 1 heterocycles. The van der Waals surface area contributed by atoms with Crippen molar-refractivity contribution in [2.24, 2.45) is 7.05 Å². The second kappa shape index (κ2) is 4.82. The van der Waals surface area contributed by atoms with Gasteiger partial charge in [-0.05, 0) is 5.56 Å². The summed E-state index contributed by atoms with van der Waals surface area (Å²) in [6.45, 7) is 0. The minimum atomic E-state index is -0.168. The largest absolute Gasteiger partial charge is 0.495 e. The first-order valence-corrected chi connectivity index (χ1v) is 5.36. The van der Waals surface area contributed by atoms with Gasteiger partial charge >= 0.3 is 0 Å². The molecule has 88 valence electrons. The topological polar surface area (TPSA) is 44.1 Å². The second-order valence-electron chi connectivity index (χ2n) is 3.78. The third-order valence-electron chi connectivity index (χ3n) is 2.56. The van der Waals surface area contributed by atoms with Crippen LogP contribution in [0.3, 0.4) is 0 Å². The number of ether oxygens (including phenoxy) is 1. The number of hydrogen-bond acceptors (Lipinski definition) is 3. The number of benzene rings is 1. The molecule has 0 saturated carbocycles. The summed E-state index contributed by atoms with van der Waals surface area (Å²) in [4.78, 5) is 11.4. The maximum absolute atomic E-state index is 11.4. The van der Waals surface area contributed by atoms with Gasteiger partial charge in [0.2, 0.25) is 0 Å². The van der Waals surface area contributed by atoms with Crippen molar-refractivity contribution in [1.82, 2.24) is 9.78 Å². The highest BCUT2D eigenvalue weighted by atomic mass is 16.5. The monoisotopic (exact) mass is 230 g/mol. The smallest absolute Gasteiger partial charge is 0.270 e. The van der Waals surface area contributed by atoms with Crippen molar-refractivity contribution in [3.63, 3.8) is 0 Å². The summed E-state index contributed by atoms with van der Waals surface area (Å²) in [5, 5.41) is 4.22. The highest BCUT2D eigenvalue weighted by molar-refractivity contribution is 5.30. The molecule has 4 heteroatoms. The predicted octanol–water partition coefficient (Wildman–Crippen LogP) is 1.38. The molecule has 4 nitrogen and oxygen atoms in total. The van der Waals surface area contributed by atoms with E-state index in [1.54, 1.807) is 14.2 Å². The van der Waals surface area contributed by atoms with E-state index in [1.165, 1.54) is 10.7 Å². The van der Waals surface area contributed by atoms with Crippen LogP contribution in [0.4, 0.5) is 0 Å². The number of aryl methyl sites for hydroxylation is 1. The third kappa shape index (κ3) is 2.53. The lowest BCUT2D eigenvalue weighted by Gasteiger charge is -2.08. The van der Waals surface area contributed by atoms with Crippen molar-refractivity contribution in [2.45, 2.75) is 6.42 Å². The van der Waals surface area contributed by atoms with Crippen molar-refractivity contribution >= 4 is 0 Å². The van der Waals surface area contributed by atoms with Crippen LogP contribution in [0.25, 0.3) is 0 Å². The van der Waals surface area contributed by atoms with Gasteiger partial charge in [-0.25, -0.2) is 4.68 Å². The number of hydrogen-bond donors (Lipinski definition) is 0. The molecule has 0 amide bonds. The molecule has 0 N–H and O–H groups in total. The molecule has 0 aliphatic rings. The molecule has 17 heavy (non-hydrogen) atoms. The molecule has 0 saturated heterocycles. The molecule has 1 aromatic carbocycles. The molecule has 0 unspecified atom stereocenters. The van der Waals surface area contributed by atoms with Crippen molar-refractivity contribution in [3.8, 4) is 5.75 Å². The second-order valence-corrected chi connectivity index (χ2v) is 3.78. The van der Waals surface area contributed by atoms with Crippen molar-refractivity contribution in [1.29, 1.82) is 0 Å². The summed E-state index contributed by atoms with van der Waals surface area (Å²) >= 11 is 0. The van der Waals surface area contributed by atoms with Crippen LogP contribution in [-0.2, 0) is 13.5 Å². The Bertz CT molecular complexity index is 561. The van der Waals surface area contributed by atoms with Crippen molar-refractivity contribution in [3.05, 3.63) is 58.0 Å². The summed E-state index contributed by atoms with van der Waals surface area (Å²) in [7, 11) is 3.18. The molecule has 1 aromatic heterocycles. The zero-order chi connectivity index (χ0) is 12.3. The van der Waals surface area contributed by atoms with E-state index in [-0.39, 0.29) is 5.56 Å². The van der Waals surface area contributed by atoms with Crippen LogP contribution in [0.15, 0.2) is 41.2 Å². The Kier molecular flexibility index (Phi) is 3.23. The average molecular weight is 230 g/mol. The van der Waals surface area contributed by atoms with E-state index >= 15 is 0 Å². The summed E-state index contributed by atoms with van der Waals surface area (Å²) in [5.74, 6) is 0.539. The van der Waals surface area contributed by atoms with Gasteiger partial charge in [0, 0.05) is 19.5 Å². The minimum Gasteiger partial charge on any atom is -0.495 e. The van der Waals surface area contributed by atoms with Crippen molar-refractivity contribution < 1.29 is 4.74 Å². The lowest BCUT2D eigenvalue weighted by atomic mass is 10.1. The highest BCUT2D eigenvalue weighted by Gasteiger charge is 2.08. The van der Waals surface area contributed by atoms with E-state index in [9.17, 15) is 4.79 Å². The van der Waals surface area contributed by atoms with Gasteiger partial charge in [0.15, 0.2) is 0 Å². The Balaban J connectivity index is 2.38. The zero-order valence-electron chi connectivity index (χ0n) is 9.88. The van der Waals surface area contributed by atoms with E-state index in [1.807, 2.05) is 30.3 Å². The first-order chi connectivity index (χ1) is 8.20. The molecular weight excluding hydrogens is 216 g/mol. The maximum atomic E-state index is 11.4. The summed E-state index contributed by atoms with van der Waals surface area (Å²) < 4.78 is 6.50. The van der Waals surface area contributed by atoms with Crippen LogP contribution < -0.4 is 10.3 Å². The Morgan fingerprint density at radius 3 is 2.65 bits per heavy atom. The summed E-state index contributed by atoms with van der Waals surface area (Å²) in [6, 6.07) is 11.4. The fraction of sp³-hybridized carbons (Fsp3) is 0.231. The Labute approximate surface area is 99.5 Å². The lowest BCUT2D eigenvalue weighted by molar-refractivity contribution is 0.402. The van der Waals surface area contributed by atoms with Crippen LogP contribution in [0.2, 0.25) is 0 Å². The fourth-order valence-corrected chi connectivity index (χ4v) is 1.66. The van der Waals surface area contributed by atoms with Crippen molar-refractivity contribution in [2.75, 3.05) is 7.11 Å². The van der Waals surface area contributed by atoms with Gasteiger partial charge in [-0.3, -0.25) is 4.79 Å². The zero-order valence-corrected chi connectivity index (χ0v) is 9.88. The van der Waals surface area contributed by atoms with Gasteiger partial charge in [-0.1, -0.05) is 30.3 Å². The van der Waals surface area contributed by atoms with E-state index < -0.39 is 0 Å². The van der Waals surface area contributed by atoms with E-state index in [2.05, 4.69) is 5.10 Å². The first-order valence-electron chi connectivity index (χ1n) is 5.36. The normalized spacial score (nSPS) is 10.2. The van der Waals surface area contributed by atoms with Gasteiger partial charge in [0.05, 0.1) is 7.11 Å². The van der Waals surface area contributed by atoms with Crippen LogP contribution >= 0.6 is 0 Å². The minimum absolute atomic E-state index is 0.168. The lowest BCUT2D eigenvalue weighted by Crippen LogP contribution is -2.20. The first kappa shape index (κ1) is 11.4. The molecule has 2 aromatic rings. The van der Waals surface area contributed by atoms with E-state index in [4.69, 9.17) is 4.74 Å². The van der Waals surface area contributed by atoms with Gasteiger partial charge in [0.1, 0.15) is 11.4 Å². The third-order valence-corrected chi connectivity index (χ3v) is 2.56. The molecule has 2 rings (SSSR count). The quantitative estimate of drug-likeness (QED) is 0.800. The number of methoxy groups -OCH3 is 1. The SMILES string of the molecule is COc1cc(=O)n(C)nc1Cc1ccccc1. The summed E-state index contributed by atoms with van der Waals surface area (Å²) in [6.07, 6.45) is 0.651. The Hall–Kier alpha value is -2.10. The predicted molar refractivity (Wildman–Crippen MR) is 65.3 cm³/mol. The Morgan fingerprint density at radius 1 is 1.29 bits per heavy atom.